The number of nitrogens with two attached hydrogens (primary N) is 1. The summed E-state index contributed by atoms with van der Waals surface area (Å²) in [4.78, 5) is 0. The van der Waals surface area contributed by atoms with Crippen LogP contribution in [-0.2, 0) is 6.54 Å². The molecule has 0 saturated carbocycles. The topological polar surface area (TPSA) is 47.3 Å². The molecule has 0 unspecified atom stereocenters. The first-order valence-corrected chi connectivity index (χ1v) is 11.4. The average Bonchev–Trinajstić information content (AvgIpc) is 3.39. The van der Waals surface area contributed by atoms with Crippen molar-refractivity contribution in [3.05, 3.63) is 95.3 Å². The second-order valence-electron chi connectivity index (χ2n) is 6.54. The third kappa shape index (κ3) is 14.0. The van der Waals surface area contributed by atoms with Crippen molar-refractivity contribution in [3.63, 3.8) is 0 Å². The molecule has 3 rings (SSSR count). The number of ether oxygens (including phenoxy) is 1. The van der Waals surface area contributed by atoms with Crippen molar-refractivity contribution in [1.29, 1.82) is 0 Å². The molecule has 176 valence electrons. The van der Waals surface area contributed by atoms with E-state index in [2.05, 4.69) is 37.6 Å². The fourth-order valence-electron chi connectivity index (χ4n) is 2.34. The maximum atomic E-state index is 13.0. The van der Waals surface area contributed by atoms with Crippen LogP contribution in [0.5, 0.6) is 11.5 Å². The number of halogens is 3. The Morgan fingerprint density at radius 1 is 1.06 bits per heavy atom. The molecule has 1 aliphatic heterocycles. The molecule has 0 radical (unpaired) electrons. The van der Waals surface area contributed by atoms with Gasteiger partial charge in [-0.3, -0.25) is 0 Å². The lowest BCUT2D eigenvalue weighted by molar-refractivity contribution is 0.474. The van der Waals surface area contributed by atoms with Crippen LogP contribution in [0.3, 0.4) is 0 Å². The van der Waals surface area contributed by atoms with Gasteiger partial charge in [-0.15, -0.1) is 0 Å². The summed E-state index contributed by atoms with van der Waals surface area (Å²) in [6.45, 7) is 13.6. The van der Waals surface area contributed by atoms with Crippen molar-refractivity contribution >= 4 is 23.2 Å². The van der Waals surface area contributed by atoms with E-state index in [1.165, 1.54) is 44.1 Å². The maximum absolute atomic E-state index is 13.0. The van der Waals surface area contributed by atoms with Gasteiger partial charge in [0, 0.05) is 18.2 Å². The molecule has 0 spiro atoms. The second-order valence-corrected chi connectivity index (χ2v) is 7.35. The van der Waals surface area contributed by atoms with E-state index < -0.39 is 0 Å². The normalized spacial score (nSPS) is 11.8. The number of benzene rings is 2. The van der Waals surface area contributed by atoms with E-state index in [1.54, 1.807) is 30.4 Å². The Kier molecular flexibility index (Phi) is 18.3. The largest absolute Gasteiger partial charge is 0.457 e. The minimum atomic E-state index is -0.350. The van der Waals surface area contributed by atoms with E-state index in [0.29, 0.717) is 27.1 Å². The van der Waals surface area contributed by atoms with Gasteiger partial charge in [0.1, 0.15) is 17.3 Å². The first-order valence-electron chi connectivity index (χ1n) is 10.6. The quantitative estimate of drug-likeness (QED) is 0.335. The van der Waals surface area contributed by atoms with Crippen LogP contribution in [0.25, 0.3) is 0 Å². The van der Waals surface area contributed by atoms with Crippen molar-refractivity contribution in [2.75, 3.05) is 13.1 Å². The second kappa shape index (κ2) is 19.6. The van der Waals surface area contributed by atoms with Gasteiger partial charge in [-0.2, -0.15) is 0 Å². The van der Waals surface area contributed by atoms with E-state index in [-0.39, 0.29) is 12.4 Å². The molecular formula is C26H35Cl2FN2O. The lowest BCUT2D eigenvalue weighted by atomic mass is 10.2. The highest BCUT2D eigenvalue weighted by Crippen LogP contribution is 2.31. The Morgan fingerprint density at radius 3 is 2.12 bits per heavy atom. The highest BCUT2D eigenvalue weighted by molar-refractivity contribution is 6.42. The first kappa shape index (κ1) is 29.9. The van der Waals surface area contributed by atoms with Crippen LogP contribution in [0.1, 0.15) is 38.7 Å². The number of nitrogens with one attached hydrogen (secondary N) is 1. The van der Waals surface area contributed by atoms with Crippen LogP contribution < -0.4 is 15.8 Å². The summed E-state index contributed by atoms with van der Waals surface area (Å²) in [7, 11) is 0. The molecule has 0 amide bonds. The van der Waals surface area contributed by atoms with Crippen molar-refractivity contribution in [1.82, 2.24) is 5.32 Å². The summed E-state index contributed by atoms with van der Waals surface area (Å²) in [6.07, 6.45) is 11.4. The average molecular weight is 481 g/mol. The zero-order valence-electron chi connectivity index (χ0n) is 19.0. The Hall–Kier alpha value is -2.11. The number of allylic oxidation sites excluding steroid dienone is 4. The van der Waals surface area contributed by atoms with Gasteiger partial charge in [-0.05, 0) is 69.6 Å². The minimum Gasteiger partial charge on any atom is -0.457 e. The van der Waals surface area contributed by atoms with Gasteiger partial charge in [-0.1, -0.05) is 67.6 Å². The number of hydrogen-bond acceptors (Lipinski definition) is 3. The minimum absolute atomic E-state index is 0.189. The van der Waals surface area contributed by atoms with Gasteiger partial charge in [0.15, 0.2) is 0 Å². The molecule has 1 fully saturated rings. The fourth-order valence-corrected chi connectivity index (χ4v) is 2.62. The first-order chi connectivity index (χ1) is 15.4. The maximum Gasteiger partial charge on any atom is 0.132 e. The standard InChI is InChI=1S/C13H10Cl2FNO.C5H10.C4H9N.C4H6/c14-11-3-2-10(6-12(11)15)18-13-4-1-9(16)5-8(13)7-17;1-3-5-4-2;1-2-4-5-3-1;1-3-4-2/h1-6H,7,17H2;3,5H,4H2,1-2H3;5H,1-4H2;3-4H,1-2H2/b;5-3-;;. The highest BCUT2D eigenvalue weighted by atomic mass is 35.5. The van der Waals surface area contributed by atoms with Gasteiger partial charge >= 0.3 is 0 Å². The molecular weight excluding hydrogens is 446 g/mol. The highest BCUT2D eigenvalue weighted by Gasteiger charge is 2.07. The Bertz CT molecular complexity index is 808. The van der Waals surface area contributed by atoms with Crippen molar-refractivity contribution in [2.45, 2.75) is 39.7 Å². The molecule has 0 atom stereocenters. The molecule has 1 aliphatic rings. The molecule has 3 N–H and O–H groups in total. The van der Waals surface area contributed by atoms with Crippen LogP contribution in [-0.4, -0.2) is 13.1 Å². The lowest BCUT2D eigenvalue weighted by Gasteiger charge is -2.10. The van der Waals surface area contributed by atoms with Crippen molar-refractivity contribution < 1.29 is 9.13 Å². The summed E-state index contributed by atoms with van der Waals surface area (Å²) in [5.74, 6) is 0.667. The molecule has 3 nitrogen and oxygen atoms in total. The Labute approximate surface area is 202 Å². The van der Waals surface area contributed by atoms with Crippen molar-refractivity contribution in [3.8, 4) is 11.5 Å². The van der Waals surface area contributed by atoms with E-state index in [0.717, 1.165) is 6.42 Å². The third-order valence-corrected chi connectivity index (χ3v) is 4.70. The molecule has 0 bridgehead atoms. The lowest BCUT2D eigenvalue weighted by Crippen LogP contribution is -2.03. The van der Waals surface area contributed by atoms with Crippen LogP contribution in [0.15, 0.2) is 73.9 Å². The SMILES string of the molecule is C/C=C\CC.C1CCNC1.C=CC=C.NCc1cc(F)ccc1Oc1ccc(Cl)c(Cl)c1. The Morgan fingerprint density at radius 2 is 1.72 bits per heavy atom. The van der Waals surface area contributed by atoms with Crippen molar-refractivity contribution in [2.24, 2.45) is 5.73 Å². The monoisotopic (exact) mass is 480 g/mol. The number of hydrogen-bond donors (Lipinski definition) is 2. The predicted molar refractivity (Wildman–Crippen MR) is 138 cm³/mol. The summed E-state index contributed by atoms with van der Waals surface area (Å²) in [5.41, 5.74) is 6.12. The molecule has 2 aromatic rings. The van der Waals surface area contributed by atoms with Gasteiger partial charge in [0.25, 0.3) is 0 Å². The van der Waals surface area contributed by atoms with Gasteiger partial charge < -0.3 is 15.8 Å². The van der Waals surface area contributed by atoms with E-state index >= 15 is 0 Å². The molecule has 32 heavy (non-hydrogen) atoms. The third-order valence-electron chi connectivity index (χ3n) is 3.96. The Balaban J connectivity index is 0.000000557. The van der Waals surface area contributed by atoms with Gasteiger partial charge in [0.05, 0.1) is 10.0 Å². The summed E-state index contributed by atoms with van der Waals surface area (Å²) in [5, 5.41) is 4.06. The summed E-state index contributed by atoms with van der Waals surface area (Å²) in [6, 6.07) is 9.08. The predicted octanol–water partition coefficient (Wildman–Crippen LogP) is 8.08. The van der Waals surface area contributed by atoms with E-state index in [1.807, 2.05) is 6.92 Å². The smallest absolute Gasteiger partial charge is 0.132 e. The van der Waals surface area contributed by atoms with Crippen LogP contribution in [0.2, 0.25) is 10.0 Å². The van der Waals surface area contributed by atoms with Crippen LogP contribution in [0, 0.1) is 5.82 Å². The van der Waals surface area contributed by atoms with Gasteiger partial charge in [0.2, 0.25) is 0 Å². The summed E-state index contributed by atoms with van der Waals surface area (Å²) < 4.78 is 18.6. The molecule has 6 heteroatoms. The van der Waals surface area contributed by atoms with Crippen LogP contribution >= 0.6 is 23.2 Å². The fraction of sp³-hybridized carbons (Fsp3) is 0.308. The molecule has 0 aliphatic carbocycles. The molecule has 2 aromatic carbocycles. The summed E-state index contributed by atoms with van der Waals surface area (Å²) >= 11 is 11.7. The number of rotatable bonds is 5. The zero-order chi connectivity index (χ0) is 24.2. The van der Waals surface area contributed by atoms with Crippen LogP contribution in [0.4, 0.5) is 4.39 Å². The molecule has 0 aromatic heterocycles. The van der Waals surface area contributed by atoms with E-state index in [9.17, 15) is 4.39 Å². The molecule has 1 saturated heterocycles. The van der Waals surface area contributed by atoms with E-state index in [4.69, 9.17) is 33.7 Å². The van der Waals surface area contributed by atoms with Gasteiger partial charge in [-0.25, -0.2) is 4.39 Å². The zero-order valence-corrected chi connectivity index (χ0v) is 20.6. The molecule has 1 heterocycles.